The van der Waals surface area contributed by atoms with Gasteiger partial charge in [0.2, 0.25) is 0 Å². The highest BCUT2D eigenvalue weighted by atomic mass is 32.2. The number of nitrogens with zero attached hydrogens (tertiary/aromatic N) is 1. The van der Waals surface area contributed by atoms with Crippen molar-refractivity contribution in [2.24, 2.45) is 0 Å². The monoisotopic (exact) mass is 336 g/mol. The van der Waals surface area contributed by atoms with E-state index in [4.69, 9.17) is 9.47 Å². The van der Waals surface area contributed by atoms with Crippen LogP contribution in [-0.2, 0) is 10.0 Å². The number of hydrogen-bond donors (Lipinski definition) is 1. The zero-order chi connectivity index (χ0) is 16.4. The van der Waals surface area contributed by atoms with E-state index in [1.165, 1.54) is 36.4 Å². The van der Waals surface area contributed by atoms with E-state index in [2.05, 4.69) is 4.72 Å². The van der Waals surface area contributed by atoms with Gasteiger partial charge in [0, 0.05) is 18.2 Å². The summed E-state index contributed by atoms with van der Waals surface area (Å²) in [7, 11) is -3.90. The fourth-order valence-electron chi connectivity index (χ4n) is 2.09. The third kappa shape index (κ3) is 3.19. The molecule has 2 aromatic carbocycles. The molecule has 9 heteroatoms. The Morgan fingerprint density at radius 2 is 1.78 bits per heavy atom. The molecule has 8 nitrogen and oxygen atoms in total. The minimum atomic E-state index is -3.90. The number of nitro benzene ring substituents is 1. The molecule has 0 bridgehead atoms. The summed E-state index contributed by atoms with van der Waals surface area (Å²) in [6.45, 7) is 0.750. The van der Waals surface area contributed by atoms with E-state index < -0.39 is 14.9 Å². The van der Waals surface area contributed by atoms with Crippen LogP contribution in [0, 0.1) is 10.1 Å². The maximum Gasteiger partial charge on any atom is 0.271 e. The van der Waals surface area contributed by atoms with E-state index in [0.29, 0.717) is 24.7 Å². The molecule has 0 fully saturated rings. The molecule has 0 aliphatic carbocycles. The summed E-state index contributed by atoms with van der Waals surface area (Å²) >= 11 is 0. The Hall–Kier alpha value is -2.81. The van der Waals surface area contributed by atoms with Crippen molar-refractivity contribution >= 4 is 21.4 Å². The van der Waals surface area contributed by atoms with Crippen LogP contribution in [0.1, 0.15) is 0 Å². The zero-order valence-corrected chi connectivity index (χ0v) is 12.6. The predicted octanol–water partition coefficient (Wildman–Crippen LogP) is 2.17. The van der Waals surface area contributed by atoms with Crippen LogP contribution in [0.3, 0.4) is 0 Å². The molecule has 1 heterocycles. The maximum absolute atomic E-state index is 12.4. The molecule has 23 heavy (non-hydrogen) atoms. The molecular formula is C14H12N2O6S. The molecule has 0 aromatic heterocycles. The van der Waals surface area contributed by atoms with E-state index in [9.17, 15) is 18.5 Å². The normalized spacial score (nSPS) is 13.4. The molecule has 0 radical (unpaired) electrons. The Morgan fingerprint density at radius 1 is 1.04 bits per heavy atom. The van der Waals surface area contributed by atoms with Crippen molar-refractivity contribution in [3.8, 4) is 11.5 Å². The van der Waals surface area contributed by atoms with Crippen LogP contribution in [0.2, 0.25) is 0 Å². The molecule has 0 saturated carbocycles. The van der Waals surface area contributed by atoms with E-state index in [-0.39, 0.29) is 16.3 Å². The molecule has 120 valence electrons. The Labute approximate surface area is 131 Å². The molecule has 0 unspecified atom stereocenters. The minimum absolute atomic E-state index is 0.0201. The first-order valence-corrected chi connectivity index (χ1v) is 8.11. The number of hydrogen-bond acceptors (Lipinski definition) is 6. The van der Waals surface area contributed by atoms with Gasteiger partial charge in [-0.25, -0.2) is 8.42 Å². The van der Waals surface area contributed by atoms with E-state index in [1.807, 2.05) is 0 Å². The SMILES string of the molecule is O=[N+]([O-])c1cccc(NS(=O)(=O)c2ccc3c(c2)OCCO3)c1. The molecule has 3 rings (SSSR count). The molecule has 1 aliphatic heterocycles. The standard InChI is InChI=1S/C14H12N2O6S/c17-16(18)11-3-1-2-10(8-11)15-23(19,20)12-4-5-13-14(9-12)22-7-6-21-13/h1-5,8-9,15H,6-7H2. The summed E-state index contributed by atoms with van der Waals surface area (Å²) in [5, 5.41) is 10.7. The fourth-order valence-corrected chi connectivity index (χ4v) is 3.15. The van der Waals surface area contributed by atoms with Gasteiger partial charge < -0.3 is 9.47 Å². The largest absolute Gasteiger partial charge is 0.486 e. The number of ether oxygens (including phenoxy) is 2. The second kappa shape index (κ2) is 5.76. The van der Waals surface area contributed by atoms with E-state index in [0.717, 1.165) is 6.07 Å². The summed E-state index contributed by atoms with van der Waals surface area (Å²) in [5.74, 6) is 0.823. The lowest BCUT2D eigenvalue weighted by molar-refractivity contribution is -0.384. The second-order valence-corrected chi connectivity index (χ2v) is 6.40. The molecule has 1 aliphatic rings. The first-order chi connectivity index (χ1) is 11.0. The van der Waals surface area contributed by atoms with Crippen molar-refractivity contribution in [1.82, 2.24) is 0 Å². The lowest BCUT2D eigenvalue weighted by Gasteiger charge is -2.19. The molecular weight excluding hydrogens is 324 g/mol. The van der Waals surface area contributed by atoms with Gasteiger partial charge in [0.25, 0.3) is 15.7 Å². The molecule has 0 saturated heterocycles. The molecule has 1 N–H and O–H groups in total. The van der Waals surface area contributed by atoms with Crippen LogP contribution >= 0.6 is 0 Å². The van der Waals surface area contributed by atoms with Crippen LogP contribution < -0.4 is 14.2 Å². The van der Waals surface area contributed by atoms with Gasteiger partial charge >= 0.3 is 0 Å². The molecule has 0 atom stereocenters. The number of non-ortho nitro benzene ring substituents is 1. The minimum Gasteiger partial charge on any atom is -0.486 e. The average molecular weight is 336 g/mol. The van der Waals surface area contributed by atoms with Crippen LogP contribution in [0.25, 0.3) is 0 Å². The second-order valence-electron chi connectivity index (χ2n) is 4.72. The van der Waals surface area contributed by atoms with Gasteiger partial charge in [-0.2, -0.15) is 0 Å². The fraction of sp³-hybridized carbons (Fsp3) is 0.143. The number of rotatable bonds is 4. The van der Waals surface area contributed by atoms with Crippen molar-refractivity contribution in [3.05, 3.63) is 52.6 Å². The van der Waals surface area contributed by atoms with Gasteiger partial charge in [0.15, 0.2) is 11.5 Å². The molecule has 2 aromatic rings. The quantitative estimate of drug-likeness (QED) is 0.677. The van der Waals surface area contributed by atoms with Crippen LogP contribution in [0.15, 0.2) is 47.4 Å². The lowest BCUT2D eigenvalue weighted by atomic mass is 10.3. The highest BCUT2D eigenvalue weighted by molar-refractivity contribution is 7.92. The number of anilines is 1. The number of fused-ring (bicyclic) bond motifs is 1. The number of nitrogens with one attached hydrogen (secondary N) is 1. The Kier molecular flexibility index (Phi) is 3.78. The number of nitro groups is 1. The Balaban J connectivity index is 1.90. The van der Waals surface area contributed by atoms with E-state index >= 15 is 0 Å². The van der Waals surface area contributed by atoms with Gasteiger partial charge in [0.1, 0.15) is 13.2 Å². The highest BCUT2D eigenvalue weighted by Gasteiger charge is 2.20. The lowest BCUT2D eigenvalue weighted by Crippen LogP contribution is -2.17. The predicted molar refractivity (Wildman–Crippen MR) is 81.3 cm³/mol. The summed E-state index contributed by atoms with van der Waals surface area (Å²) < 4.78 is 37.8. The van der Waals surface area contributed by atoms with Crippen molar-refractivity contribution < 1.29 is 22.8 Å². The van der Waals surface area contributed by atoms with Gasteiger partial charge in [0.05, 0.1) is 15.5 Å². The smallest absolute Gasteiger partial charge is 0.271 e. The first-order valence-electron chi connectivity index (χ1n) is 6.63. The number of sulfonamides is 1. The van der Waals surface area contributed by atoms with E-state index in [1.54, 1.807) is 0 Å². The number of benzene rings is 2. The topological polar surface area (TPSA) is 108 Å². The van der Waals surface area contributed by atoms with Crippen LogP contribution in [-0.4, -0.2) is 26.6 Å². The van der Waals surface area contributed by atoms with Gasteiger partial charge in [-0.15, -0.1) is 0 Å². The van der Waals surface area contributed by atoms with Crippen molar-refractivity contribution in [3.63, 3.8) is 0 Å². The van der Waals surface area contributed by atoms with Crippen LogP contribution in [0.4, 0.5) is 11.4 Å². The third-order valence-electron chi connectivity index (χ3n) is 3.13. The maximum atomic E-state index is 12.4. The highest BCUT2D eigenvalue weighted by Crippen LogP contribution is 2.32. The first kappa shape index (κ1) is 15.1. The van der Waals surface area contributed by atoms with Gasteiger partial charge in [-0.3, -0.25) is 14.8 Å². The summed E-state index contributed by atoms with van der Waals surface area (Å²) in [4.78, 5) is 10.1. The zero-order valence-electron chi connectivity index (χ0n) is 11.8. The summed E-state index contributed by atoms with van der Waals surface area (Å²) in [6.07, 6.45) is 0. The molecule has 0 spiro atoms. The summed E-state index contributed by atoms with van der Waals surface area (Å²) in [6, 6.07) is 9.51. The summed E-state index contributed by atoms with van der Waals surface area (Å²) in [5.41, 5.74) is -0.0959. The molecule has 0 amide bonds. The van der Waals surface area contributed by atoms with Crippen molar-refractivity contribution in [2.75, 3.05) is 17.9 Å². The van der Waals surface area contributed by atoms with Crippen LogP contribution in [0.5, 0.6) is 11.5 Å². The Bertz CT molecular complexity index is 865. The van der Waals surface area contributed by atoms with Gasteiger partial charge in [-0.05, 0) is 18.2 Å². The van der Waals surface area contributed by atoms with Crippen molar-refractivity contribution in [1.29, 1.82) is 0 Å². The van der Waals surface area contributed by atoms with Gasteiger partial charge in [-0.1, -0.05) is 6.07 Å². The average Bonchev–Trinajstić information content (AvgIpc) is 2.54. The third-order valence-corrected chi connectivity index (χ3v) is 4.51. The van der Waals surface area contributed by atoms with Crippen molar-refractivity contribution in [2.45, 2.75) is 4.90 Å². The Morgan fingerprint density at radius 3 is 2.52 bits per heavy atom.